The second-order valence-electron chi connectivity index (χ2n) is 5.83. The van der Waals surface area contributed by atoms with Gasteiger partial charge in [-0.1, -0.05) is 31.9 Å². The monoisotopic (exact) mass is 349 g/mol. The number of alkyl halides is 3. The van der Waals surface area contributed by atoms with E-state index in [1.807, 2.05) is 11.6 Å². The molecule has 0 aromatic heterocycles. The average molecular weight is 349 g/mol. The van der Waals surface area contributed by atoms with Crippen molar-refractivity contribution in [3.05, 3.63) is 29.8 Å². The fourth-order valence-corrected chi connectivity index (χ4v) is 4.16. The van der Waals surface area contributed by atoms with Gasteiger partial charge in [0.15, 0.2) is 0 Å². The normalized spacial score (nSPS) is 22.6. The van der Waals surface area contributed by atoms with Crippen LogP contribution in [-0.4, -0.2) is 14.3 Å². The second kappa shape index (κ2) is 6.51. The third kappa shape index (κ3) is 4.04. The van der Waals surface area contributed by atoms with E-state index in [1.54, 1.807) is 0 Å². The summed E-state index contributed by atoms with van der Waals surface area (Å²) < 4.78 is 65.1. The number of hydrogen-bond donors (Lipinski definition) is 1. The fourth-order valence-electron chi connectivity index (χ4n) is 2.90. The molecule has 2 rings (SSSR count). The van der Waals surface area contributed by atoms with Gasteiger partial charge in [-0.2, -0.15) is 13.2 Å². The maximum Gasteiger partial charge on any atom is 0.417 e. The molecule has 1 aromatic carbocycles. The largest absolute Gasteiger partial charge is 0.417 e. The first kappa shape index (κ1) is 17.8. The zero-order valence-electron chi connectivity index (χ0n) is 12.6. The summed E-state index contributed by atoms with van der Waals surface area (Å²) in [6.45, 7) is 1.85. The zero-order chi connectivity index (χ0) is 17.3. The van der Waals surface area contributed by atoms with Crippen molar-refractivity contribution in [1.29, 1.82) is 0 Å². The molecule has 1 aliphatic rings. The van der Waals surface area contributed by atoms with E-state index in [-0.39, 0.29) is 5.92 Å². The first-order chi connectivity index (χ1) is 10.6. The minimum absolute atomic E-state index is 0.0109. The predicted octanol–water partition coefficient (Wildman–Crippen LogP) is 3.34. The minimum atomic E-state index is -4.81. The maximum absolute atomic E-state index is 13.0. The van der Waals surface area contributed by atoms with Crippen LogP contribution >= 0.6 is 0 Å². The molecular formula is C15H18F3NO3S. The minimum Gasteiger partial charge on any atom is -0.274 e. The maximum atomic E-state index is 13.0. The molecule has 1 saturated carbocycles. The van der Waals surface area contributed by atoms with E-state index in [9.17, 15) is 26.4 Å². The summed E-state index contributed by atoms with van der Waals surface area (Å²) in [6, 6.07) is 3.83. The van der Waals surface area contributed by atoms with E-state index < -0.39 is 38.5 Å². The predicted molar refractivity (Wildman–Crippen MR) is 77.9 cm³/mol. The van der Waals surface area contributed by atoms with Gasteiger partial charge < -0.3 is 0 Å². The van der Waals surface area contributed by atoms with Crippen LogP contribution in [0.4, 0.5) is 13.2 Å². The van der Waals surface area contributed by atoms with Gasteiger partial charge in [0.1, 0.15) is 0 Å². The van der Waals surface area contributed by atoms with E-state index in [0.717, 1.165) is 31.4 Å². The molecule has 0 saturated heterocycles. The number of sulfonamides is 1. The molecule has 2 unspecified atom stereocenters. The van der Waals surface area contributed by atoms with Crippen molar-refractivity contribution in [2.75, 3.05) is 0 Å². The Morgan fingerprint density at radius 1 is 1.17 bits per heavy atom. The lowest BCUT2D eigenvalue weighted by molar-refractivity contribution is -0.140. The van der Waals surface area contributed by atoms with Gasteiger partial charge >= 0.3 is 6.18 Å². The van der Waals surface area contributed by atoms with Gasteiger partial charge in [-0.15, -0.1) is 0 Å². The zero-order valence-corrected chi connectivity index (χ0v) is 13.4. The summed E-state index contributed by atoms with van der Waals surface area (Å²) in [4.78, 5) is 11.3. The van der Waals surface area contributed by atoms with Crippen LogP contribution in [0, 0.1) is 11.8 Å². The smallest absolute Gasteiger partial charge is 0.274 e. The third-order valence-corrected chi connectivity index (χ3v) is 5.57. The SMILES string of the molecule is CC1CCCCC1C(=O)NS(=O)(=O)c1ccccc1C(F)(F)F. The average Bonchev–Trinajstić information content (AvgIpc) is 2.46. The molecule has 23 heavy (non-hydrogen) atoms. The number of hydrogen-bond acceptors (Lipinski definition) is 3. The fraction of sp³-hybridized carbons (Fsp3) is 0.533. The van der Waals surface area contributed by atoms with Crippen molar-refractivity contribution >= 4 is 15.9 Å². The number of amides is 1. The highest BCUT2D eigenvalue weighted by Gasteiger charge is 2.38. The number of carbonyl (C=O) groups excluding carboxylic acids is 1. The van der Waals surface area contributed by atoms with Crippen LogP contribution in [-0.2, 0) is 21.0 Å². The number of halogens is 3. The third-order valence-electron chi connectivity index (χ3n) is 4.17. The van der Waals surface area contributed by atoms with Crippen LogP contribution < -0.4 is 4.72 Å². The summed E-state index contributed by atoms with van der Waals surface area (Å²) in [7, 11) is -4.57. The Labute approximate surface area is 133 Å². The lowest BCUT2D eigenvalue weighted by atomic mass is 9.80. The summed E-state index contributed by atoms with van der Waals surface area (Å²) in [5, 5.41) is 0. The summed E-state index contributed by atoms with van der Waals surface area (Å²) in [5.41, 5.74) is -1.28. The molecule has 1 amide bonds. The van der Waals surface area contributed by atoms with E-state index in [1.165, 1.54) is 6.07 Å². The van der Waals surface area contributed by atoms with Gasteiger partial charge in [-0.25, -0.2) is 13.1 Å². The molecule has 1 aromatic rings. The first-order valence-corrected chi connectivity index (χ1v) is 8.84. The Kier molecular flexibility index (Phi) is 5.03. The molecule has 4 nitrogen and oxygen atoms in total. The number of benzene rings is 1. The van der Waals surface area contributed by atoms with E-state index >= 15 is 0 Å². The molecule has 0 aliphatic heterocycles. The topological polar surface area (TPSA) is 63.2 Å². The molecule has 2 atom stereocenters. The molecule has 0 radical (unpaired) electrons. The Hall–Kier alpha value is -1.57. The lowest BCUT2D eigenvalue weighted by Gasteiger charge is -2.27. The van der Waals surface area contributed by atoms with Crippen LogP contribution in [0.1, 0.15) is 38.2 Å². The van der Waals surface area contributed by atoms with Crippen LogP contribution in [0.15, 0.2) is 29.2 Å². The van der Waals surface area contributed by atoms with E-state index in [4.69, 9.17) is 0 Å². The number of rotatable bonds is 3. The van der Waals surface area contributed by atoms with Crippen molar-refractivity contribution in [2.45, 2.75) is 43.7 Å². The van der Waals surface area contributed by atoms with Crippen molar-refractivity contribution in [3.63, 3.8) is 0 Å². The molecule has 0 bridgehead atoms. The Morgan fingerprint density at radius 3 is 2.39 bits per heavy atom. The van der Waals surface area contributed by atoms with Crippen molar-refractivity contribution < 1.29 is 26.4 Å². The van der Waals surface area contributed by atoms with Crippen LogP contribution in [0.5, 0.6) is 0 Å². The Bertz CT molecular complexity index is 685. The van der Waals surface area contributed by atoms with Crippen molar-refractivity contribution in [1.82, 2.24) is 4.72 Å². The number of carbonyl (C=O) groups is 1. The molecule has 1 fully saturated rings. The van der Waals surface area contributed by atoms with Crippen molar-refractivity contribution in [2.24, 2.45) is 11.8 Å². The highest BCUT2D eigenvalue weighted by molar-refractivity contribution is 7.90. The number of nitrogens with one attached hydrogen (secondary N) is 1. The lowest BCUT2D eigenvalue weighted by Crippen LogP contribution is -2.39. The quantitative estimate of drug-likeness (QED) is 0.910. The highest BCUT2D eigenvalue weighted by atomic mass is 32.2. The van der Waals surface area contributed by atoms with Crippen LogP contribution in [0.25, 0.3) is 0 Å². The summed E-state index contributed by atoms with van der Waals surface area (Å²) in [6.07, 6.45) is -1.69. The molecule has 0 spiro atoms. The molecule has 1 aliphatic carbocycles. The first-order valence-electron chi connectivity index (χ1n) is 7.36. The van der Waals surface area contributed by atoms with Crippen molar-refractivity contribution in [3.8, 4) is 0 Å². The van der Waals surface area contributed by atoms with Gasteiger partial charge in [-0.05, 0) is 30.9 Å². The van der Waals surface area contributed by atoms with Gasteiger partial charge in [0.05, 0.1) is 10.5 Å². The highest BCUT2D eigenvalue weighted by Crippen LogP contribution is 2.34. The second-order valence-corrected chi connectivity index (χ2v) is 7.48. The van der Waals surface area contributed by atoms with Gasteiger partial charge in [0.2, 0.25) is 5.91 Å². The van der Waals surface area contributed by atoms with Crippen LogP contribution in [0.2, 0.25) is 0 Å². The van der Waals surface area contributed by atoms with Gasteiger partial charge in [-0.3, -0.25) is 4.79 Å². The summed E-state index contributed by atoms with van der Waals surface area (Å²) >= 11 is 0. The summed E-state index contributed by atoms with van der Waals surface area (Å²) in [5.74, 6) is -1.21. The van der Waals surface area contributed by atoms with E-state index in [2.05, 4.69) is 0 Å². The van der Waals surface area contributed by atoms with Gasteiger partial charge in [0.25, 0.3) is 10.0 Å². The molecular weight excluding hydrogens is 331 g/mol. The molecule has 8 heteroatoms. The van der Waals surface area contributed by atoms with Crippen LogP contribution in [0.3, 0.4) is 0 Å². The molecule has 128 valence electrons. The Balaban J connectivity index is 2.28. The Morgan fingerprint density at radius 2 is 1.78 bits per heavy atom. The van der Waals surface area contributed by atoms with E-state index in [0.29, 0.717) is 12.5 Å². The molecule has 1 N–H and O–H groups in total. The standard InChI is InChI=1S/C15H18F3NO3S/c1-10-6-2-3-7-11(10)14(20)19-23(21,22)13-9-5-4-8-12(13)15(16,17)18/h4-5,8-11H,2-3,6-7H2,1H3,(H,19,20). The molecule has 0 heterocycles. The van der Waals surface area contributed by atoms with Gasteiger partial charge in [0, 0.05) is 5.92 Å².